The number of hydrogen-bond donors (Lipinski definition) is 0. The Balaban J connectivity index is 1.85. The highest BCUT2D eigenvalue weighted by atomic mass is 35.5. The Bertz CT molecular complexity index is 978. The highest BCUT2D eigenvalue weighted by Crippen LogP contribution is 2.36. The van der Waals surface area contributed by atoms with Gasteiger partial charge in [-0.15, -0.1) is 0 Å². The van der Waals surface area contributed by atoms with Crippen LogP contribution in [0.2, 0.25) is 5.15 Å². The third-order valence-electron chi connectivity index (χ3n) is 5.23. The molecule has 0 saturated carbocycles. The van der Waals surface area contributed by atoms with Gasteiger partial charge in [-0.2, -0.15) is 0 Å². The van der Waals surface area contributed by atoms with E-state index in [9.17, 15) is 8.42 Å². The van der Waals surface area contributed by atoms with Crippen molar-refractivity contribution in [3.05, 3.63) is 34.7 Å². The molecule has 4 heterocycles. The molecule has 4 rings (SSSR count). The zero-order valence-electron chi connectivity index (χ0n) is 15.9. The Kier molecular flexibility index (Phi) is 5.28. The smallest absolute Gasteiger partial charge is 0.161 e. The fraction of sp³-hybridized carbons (Fsp3) is 0.526. The minimum atomic E-state index is -3.19. The summed E-state index contributed by atoms with van der Waals surface area (Å²) in [5.41, 5.74) is 2.05. The van der Waals surface area contributed by atoms with Crippen LogP contribution in [-0.2, 0) is 14.6 Å². The van der Waals surface area contributed by atoms with E-state index in [1.165, 1.54) is 0 Å². The number of morpholine rings is 1. The summed E-state index contributed by atoms with van der Waals surface area (Å²) >= 11 is 6.13. The van der Waals surface area contributed by atoms with E-state index in [1.54, 1.807) is 6.07 Å². The second kappa shape index (κ2) is 7.57. The van der Waals surface area contributed by atoms with Gasteiger partial charge in [-0.1, -0.05) is 11.6 Å². The quantitative estimate of drug-likeness (QED) is 0.703. The summed E-state index contributed by atoms with van der Waals surface area (Å²) < 4.78 is 30.6. The van der Waals surface area contributed by atoms with Gasteiger partial charge in [0, 0.05) is 23.9 Å². The number of halogens is 1. The molecule has 9 heteroatoms. The zero-order chi connectivity index (χ0) is 19.9. The van der Waals surface area contributed by atoms with Crippen molar-refractivity contribution in [3.8, 4) is 11.4 Å². The van der Waals surface area contributed by atoms with Crippen molar-refractivity contribution < 1.29 is 13.2 Å². The molecular formula is C19H23ClN4O3S. The fourth-order valence-corrected chi connectivity index (χ4v) is 5.96. The lowest BCUT2D eigenvalue weighted by Gasteiger charge is -2.34. The van der Waals surface area contributed by atoms with Gasteiger partial charge in [-0.05, 0) is 38.8 Å². The van der Waals surface area contributed by atoms with Crippen LogP contribution in [0, 0.1) is 6.92 Å². The first-order valence-electron chi connectivity index (χ1n) is 9.43. The molecule has 0 unspecified atom stereocenters. The molecule has 0 bridgehead atoms. The van der Waals surface area contributed by atoms with Gasteiger partial charge in [0.2, 0.25) is 0 Å². The van der Waals surface area contributed by atoms with Crippen LogP contribution in [0.1, 0.15) is 36.4 Å². The molecule has 0 aliphatic carbocycles. The number of nitrogens with zero attached hydrogens (tertiary/aromatic N) is 4. The first-order chi connectivity index (χ1) is 13.3. The van der Waals surface area contributed by atoms with Crippen LogP contribution in [0.25, 0.3) is 11.4 Å². The summed E-state index contributed by atoms with van der Waals surface area (Å²) in [5.74, 6) is 1.41. The molecule has 2 fully saturated rings. The molecule has 2 atom stereocenters. The van der Waals surface area contributed by atoms with Crippen LogP contribution in [0.5, 0.6) is 0 Å². The SMILES string of the molecule is Cc1cc(-c2nc([C@H]3CCCS3(=O)=O)cc(N3CCOC[C@H]3C)n2)cc(Cl)n1. The van der Waals surface area contributed by atoms with Crippen molar-refractivity contribution in [1.29, 1.82) is 0 Å². The van der Waals surface area contributed by atoms with Crippen LogP contribution in [0.15, 0.2) is 18.2 Å². The largest absolute Gasteiger partial charge is 0.377 e. The lowest BCUT2D eigenvalue weighted by atomic mass is 10.1. The molecule has 2 aliphatic rings. The van der Waals surface area contributed by atoms with E-state index in [0.29, 0.717) is 49.3 Å². The number of aromatic nitrogens is 3. The third kappa shape index (κ3) is 3.86. The second-order valence-corrected chi connectivity index (χ2v) is 10.1. The number of sulfone groups is 1. The molecule has 2 aliphatic heterocycles. The molecule has 2 aromatic heterocycles. The van der Waals surface area contributed by atoms with E-state index in [0.717, 1.165) is 17.1 Å². The molecular weight excluding hydrogens is 400 g/mol. The van der Waals surface area contributed by atoms with E-state index < -0.39 is 15.1 Å². The van der Waals surface area contributed by atoms with Gasteiger partial charge in [0.25, 0.3) is 0 Å². The van der Waals surface area contributed by atoms with Crippen molar-refractivity contribution in [2.24, 2.45) is 0 Å². The van der Waals surface area contributed by atoms with Gasteiger partial charge in [0.15, 0.2) is 15.7 Å². The maximum atomic E-state index is 12.5. The van der Waals surface area contributed by atoms with Crippen LogP contribution in [-0.4, -0.2) is 54.9 Å². The summed E-state index contributed by atoms with van der Waals surface area (Å²) in [4.78, 5) is 15.7. The Morgan fingerprint density at radius 2 is 2.04 bits per heavy atom. The number of ether oxygens (including phenoxy) is 1. The number of rotatable bonds is 3. The maximum Gasteiger partial charge on any atom is 0.161 e. The summed E-state index contributed by atoms with van der Waals surface area (Å²) in [6.45, 7) is 5.84. The van der Waals surface area contributed by atoms with Crippen molar-refractivity contribution in [3.63, 3.8) is 0 Å². The van der Waals surface area contributed by atoms with Crippen LogP contribution in [0.3, 0.4) is 0 Å². The summed E-state index contributed by atoms with van der Waals surface area (Å²) in [7, 11) is -3.19. The lowest BCUT2D eigenvalue weighted by Crippen LogP contribution is -2.44. The van der Waals surface area contributed by atoms with Crippen molar-refractivity contribution in [2.45, 2.75) is 38.0 Å². The zero-order valence-corrected chi connectivity index (χ0v) is 17.5. The van der Waals surface area contributed by atoms with E-state index >= 15 is 0 Å². The van der Waals surface area contributed by atoms with Crippen LogP contribution in [0.4, 0.5) is 5.82 Å². The molecule has 0 aromatic carbocycles. The van der Waals surface area contributed by atoms with Crippen molar-refractivity contribution in [1.82, 2.24) is 15.0 Å². The molecule has 0 N–H and O–H groups in total. The predicted octanol–water partition coefficient (Wildman–Crippen LogP) is 2.98. The topological polar surface area (TPSA) is 85.3 Å². The van der Waals surface area contributed by atoms with Gasteiger partial charge in [0.1, 0.15) is 16.2 Å². The van der Waals surface area contributed by atoms with Gasteiger partial charge in [-0.25, -0.2) is 23.4 Å². The summed E-state index contributed by atoms with van der Waals surface area (Å²) in [5, 5.41) is -0.221. The van der Waals surface area contributed by atoms with E-state index in [2.05, 4.69) is 21.8 Å². The predicted molar refractivity (Wildman–Crippen MR) is 108 cm³/mol. The molecule has 0 radical (unpaired) electrons. The van der Waals surface area contributed by atoms with Gasteiger partial charge < -0.3 is 9.64 Å². The number of anilines is 1. The summed E-state index contributed by atoms with van der Waals surface area (Å²) in [6, 6.07) is 5.55. The molecule has 0 amide bonds. The Hall–Kier alpha value is -1.77. The molecule has 7 nitrogen and oxygen atoms in total. The second-order valence-electron chi connectivity index (χ2n) is 7.41. The normalized spacial score (nSPS) is 24.5. The molecule has 150 valence electrons. The maximum absolute atomic E-state index is 12.5. The summed E-state index contributed by atoms with van der Waals surface area (Å²) in [6.07, 6.45) is 1.25. The third-order valence-corrected chi connectivity index (χ3v) is 7.63. The fourth-order valence-electron chi connectivity index (χ4n) is 3.84. The lowest BCUT2D eigenvalue weighted by molar-refractivity contribution is 0.0985. The minimum Gasteiger partial charge on any atom is -0.377 e. The average molecular weight is 423 g/mol. The first kappa shape index (κ1) is 19.5. The standard InChI is InChI=1S/C19H23ClN4O3S/c1-12-8-14(9-17(20)21-12)19-22-15(16-4-3-7-28(16,25)26)10-18(23-19)24-5-6-27-11-13(24)2/h8-10,13,16H,3-7,11H2,1-2H3/t13-,16-/m1/s1. The van der Waals surface area contributed by atoms with Gasteiger partial charge in [-0.3, -0.25) is 0 Å². The van der Waals surface area contributed by atoms with Gasteiger partial charge >= 0.3 is 0 Å². The van der Waals surface area contributed by atoms with Crippen LogP contribution >= 0.6 is 11.6 Å². The Morgan fingerprint density at radius 3 is 2.71 bits per heavy atom. The molecule has 28 heavy (non-hydrogen) atoms. The van der Waals surface area contributed by atoms with E-state index in [1.807, 2.05) is 19.1 Å². The first-order valence-corrected chi connectivity index (χ1v) is 11.5. The number of aryl methyl sites for hydroxylation is 1. The average Bonchev–Trinajstić information content (AvgIpc) is 3.00. The monoisotopic (exact) mass is 422 g/mol. The minimum absolute atomic E-state index is 0.146. The number of pyridine rings is 1. The van der Waals surface area contributed by atoms with Crippen molar-refractivity contribution >= 4 is 27.3 Å². The molecule has 2 saturated heterocycles. The Morgan fingerprint density at radius 1 is 1.21 bits per heavy atom. The molecule has 0 spiro atoms. The van der Waals surface area contributed by atoms with Gasteiger partial charge in [0.05, 0.1) is 30.7 Å². The van der Waals surface area contributed by atoms with E-state index in [-0.39, 0.29) is 11.8 Å². The number of hydrogen-bond acceptors (Lipinski definition) is 7. The van der Waals surface area contributed by atoms with Crippen molar-refractivity contribution in [2.75, 3.05) is 30.4 Å². The van der Waals surface area contributed by atoms with Crippen LogP contribution < -0.4 is 4.90 Å². The molecule has 2 aromatic rings. The van der Waals surface area contributed by atoms with E-state index in [4.69, 9.17) is 21.3 Å². The Labute approximate surface area is 170 Å². The highest BCUT2D eigenvalue weighted by molar-refractivity contribution is 7.91. The highest BCUT2D eigenvalue weighted by Gasteiger charge is 2.35.